The SMILES string of the molecule is Cc1nc(CNC(=O)CN2CCC3(CC2)CC(N[C@@H]2C[C@H]2c2ccccc2)CO3)no1. The molecule has 3 aliphatic rings. The third-order valence-electron chi connectivity index (χ3n) is 6.82. The summed E-state index contributed by atoms with van der Waals surface area (Å²) in [6.45, 7) is 5.00. The minimum Gasteiger partial charge on any atom is -0.373 e. The van der Waals surface area contributed by atoms with Gasteiger partial charge in [0.15, 0.2) is 5.82 Å². The first-order valence-corrected chi connectivity index (χ1v) is 11.3. The molecular formula is C23H31N5O3. The van der Waals surface area contributed by atoms with E-state index in [1.807, 2.05) is 0 Å². The van der Waals surface area contributed by atoms with Gasteiger partial charge in [-0.15, -0.1) is 0 Å². The standard InChI is InChI=1S/C23H31N5O3/c1-16-25-21(27-31-16)13-24-22(29)14-28-9-7-23(8-10-28)12-18(15-30-23)26-20-11-19(20)17-5-3-2-4-6-17/h2-6,18-20,26H,7-15H2,1H3,(H,24,29)/t18?,19-,20+/m0/s1. The maximum absolute atomic E-state index is 12.3. The van der Waals surface area contributed by atoms with Crippen LogP contribution in [0, 0.1) is 6.92 Å². The number of rotatable bonds is 7. The van der Waals surface area contributed by atoms with Gasteiger partial charge in [-0.05, 0) is 31.2 Å². The molecule has 1 aliphatic carbocycles. The van der Waals surface area contributed by atoms with E-state index in [4.69, 9.17) is 9.26 Å². The first-order chi connectivity index (χ1) is 15.1. The van der Waals surface area contributed by atoms with Crippen molar-refractivity contribution in [2.75, 3.05) is 26.2 Å². The number of aryl methyl sites for hydroxylation is 1. The zero-order valence-electron chi connectivity index (χ0n) is 18.0. The summed E-state index contributed by atoms with van der Waals surface area (Å²) in [6, 6.07) is 11.8. The number of amides is 1. The number of likely N-dealkylation sites (tertiary alicyclic amines) is 1. The highest BCUT2D eigenvalue weighted by atomic mass is 16.5. The number of ether oxygens (including phenoxy) is 1. The molecule has 8 nitrogen and oxygen atoms in total. The molecule has 2 aromatic rings. The Hall–Kier alpha value is -2.29. The lowest BCUT2D eigenvalue weighted by Crippen LogP contribution is -2.47. The lowest BCUT2D eigenvalue weighted by molar-refractivity contribution is -0.123. The zero-order valence-corrected chi connectivity index (χ0v) is 18.0. The Bertz CT molecular complexity index is 894. The van der Waals surface area contributed by atoms with E-state index in [0.29, 0.717) is 42.8 Å². The van der Waals surface area contributed by atoms with Gasteiger partial charge in [-0.1, -0.05) is 35.5 Å². The number of benzene rings is 1. The van der Waals surface area contributed by atoms with E-state index in [1.165, 1.54) is 12.0 Å². The van der Waals surface area contributed by atoms with E-state index in [0.717, 1.165) is 39.0 Å². The van der Waals surface area contributed by atoms with Crippen molar-refractivity contribution < 1.29 is 14.1 Å². The molecule has 0 radical (unpaired) electrons. The predicted molar refractivity (Wildman–Crippen MR) is 114 cm³/mol. The minimum absolute atomic E-state index is 0.00836. The molecule has 31 heavy (non-hydrogen) atoms. The van der Waals surface area contributed by atoms with Crippen molar-refractivity contribution in [2.24, 2.45) is 0 Å². The van der Waals surface area contributed by atoms with Gasteiger partial charge in [0.05, 0.1) is 25.3 Å². The summed E-state index contributed by atoms with van der Waals surface area (Å²) in [5, 5.41) is 10.5. The van der Waals surface area contributed by atoms with Crippen molar-refractivity contribution >= 4 is 5.91 Å². The molecule has 2 N–H and O–H groups in total. The van der Waals surface area contributed by atoms with E-state index in [9.17, 15) is 4.79 Å². The first kappa shape index (κ1) is 20.6. The fourth-order valence-corrected chi connectivity index (χ4v) is 5.02. The van der Waals surface area contributed by atoms with Gasteiger partial charge in [0.25, 0.3) is 0 Å². The highest BCUT2D eigenvalue weighted by Gasteiger charge is 2.46. The van der Waals surface area contributed by atoms with Crippen LogP contribution in [0.1, 0.15) is 48.9 Å². The molecule has 1 amide bonds. The monoisotopic (exact) mass is 425 g/mol. The largest absolute Gasteiger partial charge is 0.373 e. The number of hydrogen-bond donors (Lipinski definition) is 2. The lowest BCUT2D eigenvalue weighted by Gasteiger charge is -2.38. The van der Waals surface area contributed by atoms with Crippen LogP contribution >= 0.6 is 0 Å². The van der Waals surface area contributed by atoms with Crippen LogP contribution in [0.3, 0.4) is 0 Å². The highest BCUT2D eigenvalue weighted by Crippen LogP contribution is 2.43. The van der Waals surface area contributed by atoms with Gasteiger partial charge < -0.3 is 19.9 Å². The average molecular weight is 426 g/mol. The van der Waals surface area contributed by atoms with Gasteiger partial charge in [0.1, 0.15) is 0 Å². The summed E-state index contributed by atoms with van der Waals surface area (Å²) < 4.78 is 11.2. The van der Waals surface area contributed by atoms with Gasteiger partial charge in [0.2, 0.25) is 11.8 Å². The second-order valence-corrected chi connectivity index (χ2v) is 9.20. The molecule has 5 rings (SSSR count). The predicted octanol–water partition coefficient (Wildman–Crippen LogP) is 1.76. The summed E-state index contributed by atoms with van der Waals surface area (Å²) in [5.41, 5.74) is 1.42. The van der Waals surface area contributed by atoms with Crippen molar-refractivity contribution in [1.29, 1.82) is 0 Å². The molecule has 1 aromatic carbocycles. The number of piperidine rings is 1. The van der Waals surface area contributed by atoms with Crippen LogP contribution in [-0.2, 0) is 16.1 Å². The maximum atomic E-state index is 12.3. The topological polar surface area (TPSA) is 92.5 Å². The molecule has 166 valence electrons. The van der Waals surface area contributed by atoms with Gasteiger partial charge in [0, 0.05) is 38.0 Å². The Morgan fingerprint density at radius 3 is 2.81 bits per heavy atom. The summed E-state index contributed by atoms with van der Waals surface area (Å²) in [7, 11) is 0. The van der Waals surface area contributed by atoms with Crippen molar-refractivity contribution in [3.8, 4) is 0 Å². The van der Waals surface area contributed by atoms with Gasteiger partial charge in [-0.2, -0.15) is 4.98 Å². The van der Waals surface area contributed by atoms with E-state index in [-0.39, 0.29) is 11.5 Å². The van der Waals surface area contributed by atoms with Crippen molar-refractivity contribution in [2.45, 2.75) is 62.8 Å². The summed E-state index contributed by atoms with van der Waals surface area (Å²) in [6.07, 6.45) is 4.26. The average Bonchev–Trinajstić information content (AvgIpc) is 3.24. The Kier molecular flexibility index (Phi) is 5.77. The Labute approximate surface area is 182 Å². The van der Waals surface area contributed by atoms with Crippen molar-refractivity contribution in [1.82, 2.24) is 25.7 Å². The Balaban J connectivity index is 1.03. The number of carbonyl (C=O) groups excluding carboxylic acids is 1. The molecule has 2 aliphatic heterocycles. The summed E-state index contributed by atoms with van der Waals surface area (Å²) in [5.74, 6) is 1.65. The molecule has 3 fully saturated rings. The van der Waals surface area contributed by atoms with Crippen molar-refractivity contribution in [3.63, 3.8) is 0 Å². The zero-order chi connectivity index (χ0) is 21.3. The Morgan fingerprint density at radius 1 is 1.26 bits per heavy atom. The van der Waals surface area contributed by atoms with Crippen LogP contribution in [-0.4, -0.2) is 64.9 Å². The molecule has 1 spiro atoms. The third kappa shape index (κ3) is 4.97. The van der Waals surface area contributed by atoms with Gasteiger partial charge in [-0.3, -0.25) is 9.69 Å². The number of carbonyl (C=O) groups is 1. The summed E-state index contributed by atoms with van der Waals surface area (Å²) >= 11 is 0. The quantitative estimate of drug-likeness (QED) is 0.698. The second kappa shape index (κ2) is 8.68. The molecule has 3 heterocycles. The van der Waals surface area contributed by atoms with Crippen molar-refractivity contribution in [3.05, 3.63) is 47.6 Å². The van der Waals surface area contributed by atoms with Crippen LogP contribution in [0.4, 0.5) is 0 Å². The molecule has 8 heteroatoms. The van der Waals surface area contributed by atoms with Gasteiger partial charge >= 0.3 is 0 Å². The third-order valence-corrected chi connectivity index (χ3v) is 6.82. The number of nitrogens with one attached hydrogen (secondary N) is 2. The normalized spacial score (nSPS) is 27.5. The number of nitrogens with zero attached hydrogens (tertiary/aromatic N) is 3. The molecule has 3 atom stereocenters. The molecule has 2 saturated heterocycles. The fraction of sp³-hybridized carbons (Fsp3) is 0.609. The highest BCUT2D eigenvalue weighted by molar-refractivity contribution is 5.77. The smallest absolute Gasteiger partial charge is 0.234 e. The molecule has 1 saturated carbocycles. The number of hydrogen-bond acceptors (Lipinski definition) is 7. The molecular weight excluding hydrogens is 394 g/mol. The molecule has 0 bridgehead atoms. The first-order valence-electron chi connectivity index (χ1n) is 11.3. The van der Waals surface area contributed by atoms with Crippen LogP contribution in [0.15, 0.2) is 34.9 Å². The maximum Gasteiger partial charge on any atom is 0.234 e. The molecule has 1 aromatic heterocycles. The summed E-state index contributed by atoms with van der Waals surface area (Å²) in [4.78, 5) is 18.6. The van der Waals surface area contributed by atoms with Crippen LogP contribution in [0.2, 0.25) is 0 Å². The van der Waals surface area contributed by atoms with Crippen LogP contribution in [0.25, 0.3) is 0 Å². The van der Waals surface area contributed by atoms with E-state index in [1.54, 1.807) is 6.92 Å². The van der Waals surface area contributed by atoms with E-state index >= 15 is 0 Å². The van der Waals surface area contributed by atoms with Crippen LogP contribution in [0.5, 0.6) is 0 Å². The van der Waals surface area contributed by atoms with Gasteiger partial charge in [-0.25, -0.2) is 0 Å². The second-order valence-electron chi connectivity index (χ2n) is 9.20. The van der Waals surface area contributed by atoms with E-state index in [2.05, 4.69) is 56.0 Å². The Morgan fingerprint density at radius 2 is 2.06 bits per heavy atom. The van der Waals surface area contributed by atoms with E-state index < -0.39 is 0 Å². The fourth-order valence-electron chi connectivity index (χ4n) is 5.02. The molecule has 1 unspecified atom stereocenters. The van der Waals surface area contributed by atoms with Crippen LogP contribution < -0.4 is 10.6 Å². The minimum atomic E-state index is -0.0239. The lowest BCUT2D eigenvalue weighted by atomic mass is 9.87. The number of aromatic nitrogens is 2.